The maximum atomic E-state index is 16.7. The van der Waals surface area contributed by atoms with Crippen LogP contribution in [0.1, 0.15) is 41.4 Å². The number of rotatable bonds is 15. The van der Waals surface area contributed by atoms with Gasteiger partial charge in [0, 0.05) is 74.9 Å². The summed E-state index contributed by atoms with van der Waals surface area (Å²) in [5, 5.41) is 15.2. The zero-order valence-electron chi connectivity index (χ0n) is 33.2. The molecule has 2 aromatic carbocycles. The smallest absolute Gasteiger partial charge is 0.345 e. The van der Waals surface area contributed by atoms with Crippen molar-refractivity contribution in [3.8, 4) is 38.9 Å². The van der Waals surface area contributed by atoms with Crippen molar-refractivity contribution in [1.82, 2.24) is 34.4 Å². The van der Waals surface area contributed by atoms with E-state index in [0.717, 1.165) is 62.2 Å². The Hall–Kier alpha value is -4.90. The summed E-state index contributed by atoms with van der Waals surface area (Å²) in [6, 6.07) is 15.9. The van der Waals surface area contributed by atoms with Gasteiger partial charge in [-0.05, 0) is 73.8 Å². The normalized spacial score (nSPS) is 15.9. The van der Waals surface area contributed by atoms with E-state index < -0.39 is 18.0 Å². The molecule has 0 bridgehead atoms. The summed E-state index contributed by atoms with van der Waals surface area (Å²) in [4.78, 5) is 31.7. The largest absolute Gasteiger partial charge is 0.491 e. The number of benzene rings is 2. The lowest BCUT2D eigenvalue weighted by molar-refractivity contribution is -0.145. The predicted molar refractivity (Wildman–Crippen MR) is 227 cm³/mol. The monoisotopic (exact) mass is 875 g/mol. The second-order valence-corrected chi connectivity index (χ2v) is 16.9. The molecule has 314 valence electrons. The van der Waals surface area contributed by atoms with E-state index in [2.05, 4.69) is 31.9 Å². The number of nitrogens with zero attached hydrogens (tertiary/aromatic N) is 7. The van der Waals surface area contributed by atoms with Crippen LogP contribution in [0.25, 0.3) is 27.1 Å². The van der Waals surface area contributed by atoms with Crippen molar-refractivity contribution in [2.75, 3.05) is 59.6 Å². The van der Waals surface area contributed by atoms with Crippen molar-refractivity contribution in [2.45, 2.75) is 44.8 Å². The van der Waals surface area contributed by atoms with Crippen molar-refractivity contribution in [3.05, 3.63) is 105 Å². The van der Waals surface area contributed by atoms with Gasteiger partial charge in [0.25, 0.3) is 0 Å². The molecule has 6 aromatic rings. The molecule has 0 spiro atoms. The SMILES string of the molecule is Cc1c(-c2c(-c3ccc(Cl)s3)c(F)n3ncnc(O[C@H](Cc4ccccc4OCc4ccnc(C5CCOCC5)n4)C(=O)O)c23)ccc(OCCN2CCN(C)CC2)c1Cl. The third-order valence-electron chi connectivity index (χ3n) is 10.9. The number of likely N-dealkylation sites (N-methyl/N-ethyl adjacent to an activating group) is 1. The Kier molecular flexibility index (Phi) is 13.1. The number of hydrogen-bond acceptors (Lipinski definition) is 12. The highest BCUT2D eigenvalue weighted by atomic mass is 35.5. The number of piperazine rings is 1. The summed E-state index contributed by atoms with van der Waals surface area (Å²) in [7, 11) is 2.12. The van der Waals surface area contributed by atoms with Gasteiger partial charge in [-0.3, -0.25) is 4.90 Å². The van der Waals surface area contributed by atoms with Crippen LogP contribution in [-0.4, -0.2) is 111 Å². The van der Waals surface area contributed by atoms with E-state index in [1.807, 2.05) is 19.1 Å². The van der Waals surface area contributed by atoms with Crippen LogP contribution >= 0.6 is 34.5 Å². The number of ether oxygens (including phenoxy) is 4. The number of aliphatic carboxylic acids is 1. The number of thiophene rings is 1. The molecule has 17 heteroatoms. The number of carbonyl (C=O) groups is 1. The van der Waals surface area contributed by atoms with Gasteiger partial charge in [-0.2, -0.15) is 19.0 Å². The van der Waals surface area contributed by atoms with E-state index in [1.54, 1.807) is 48.7 Å². The van der Waals surface area contributed by atoms with Crippen LogP contribution < -0.4 is 14.2 Å². The Bertz CT molecular complexity index is 2470. The molecule has 1 N–H and O–H groups in total. The van der Waals surface area contributed by atoms with Gasteiger partial charge in [0.15, 0.2) is 0 Å². The van der Waals surface area contributed by atoms with Gasteiger partial charge in [0.2, 0.25) is 17.9 Å². The molecule has 0 aliphatic carbocycles. The molecular formula is C43H44Cl2FN7O6S. The minimum absolute atomic E-state index is 0.101. The zero-order chi connectivity index (χ0) is 41.8. The first kappa shape index (κ1) is 41.8. The third-order valence-corrected chi connectivity index (χ3v) is 12.7. The fourth-order valence-electron chi connectivity index (χ4n) is 7.57. The van der Waals surface area contributed by atoms with Gasteiger partial charge in [0.05, 0.1) is 20.6 Å². The quantitative estimate of drug-likeness (QED) is 0.108. The Morgan fingerprint density at radius 3 is 2.57 bits per heavy atom. The second-order valence-electron chi connectivity index (χ2n) is 14.9. The van der Waals surface area contributed by atoms with Crippen LogP contribution in [0, 0.1) is 12.9 Å². The maximum absolute atomic E-state index is 16.7. The number of halogens is 3. The Labute approximate surface area is 360 Å². The minimum atomic E-state index is -1.46. The van der Waals surface area contributed by atoms with Crippen molar-refractivity contribution in [2.24, 2.45) is 0 Å². The summed E-state index contributed by atoms with van der Waals surface area (Å²) in [6.07, 6.45) is 3.01. The van der Waals surface area contributed by atoms with E-state index in [9.17, 15) is 9.90 Å². The van der Waals surface area contributed by atoms with Gasteiger partial charge in [0.1, 0.15) is 42.4 Å². The van der Waals surface area contributed by atoms with Crippen LogP contribution in [0.2, 0.25) is 9.36 Å². The van der Waals surface area contributed by atoms with Gasteiger partial charge < -0.3 is 29.0 Å². The van der Waals surface area contributed by atoms with Gasteiger partial charge in [-0.15, -0.1) is 11.3 Å². The predicted octanol–water partition coefficient (Wildman–Crippen LogP) is 7.84. The molecule has 0 unspecified atom stereocenters. The van der Waals surface area contributed by atoms with E-state index >= 15 is 4.39 Å². The Morgan fingerprint density at radius 1 is 1.00 bits per heavy atom. The molecule has 6 heterocycles. The molecular weight excluding hydrogens is 832 g/mol. The number of aromatic nitrogens is 5. The lowest BCUT2D eigenvalue weighted by Gasteiger charge is -2.32. The summed E-state index contributed by atoms with van der Waals surface area (Å²) in [6.45, 7) is 8.45. The first-order valence-electron chi connectivity index (χ1n) is 19.8. The highest BCUT2D eigenvalue weighted by Crippen LogP contribution is 2.47. The highest BCUT2D eigenvalue weighted by Gasteiger charge is 2.31. The van der Waals surface area contributed by atoms with E-state index in [-0.39, 0.29) is 35.9 Å². The summed E-state index contributed by atoms with van der Waals surface area (Å²) >= 11 is 14.6. The third kappa shape index (κ3) is 9.21. The number of carboxylic acid groups (broad SMARTS) is 1. The molecule has 0 saturated carbocycles. The lowest BCUT2D eigenvalue weighted by Crippen LogP contribution is -2.45. The molecule has 0 amide bonds. The average Bonchev–Trinajstić information content (AvgIpc) is 3.82. The molecule has 2 saturated heterocycles. The number of hydrogen-bond donors (Lipinski definition) is 1. The second kappa shape index (κ2) is 18.8. The molecule has 60 heavy (non-hydrogen) atoms. The van der Waals surface area contributed by atoms with Crippen LogP contribution in [0.4, 0.5) is 4.39 Å². The summed E-state index contributed by atoms with van der Waals surface area (Å²) in [5.74, 6) is -0.155. The van der Waals surface area contributed by atoms with Crippen molar-refractivity contribution in [3.63, 3.8) is 0 Å². The van der Waals surface area contributed by atoms with E-state index in [0.29, 0.717) is 73.5 Å². The maximum Gasteiger partial charge on any atom is 0.345 e. The molecule has 2 aliphatic rings. The molecule has 2 fully saturated rings. The van der Waals surface area contributed by atoms with Crippen molar-refractivity contribution >= 4 is 46.0 Å². The van der Waals surface area contributed by atoms with Crippen LogP contribution in [0.3, 0.4) is 0 Å². The van der Waals surface area contributed by atoms with Crippen molar-refractivity contribution in [1.29, 1.82) is 0 Å². The van der Waals surface area contributed by atoms with E-state index in [1.165, 1.54) is 11.3 Å². The fourth-order valence-corrected chi connectivity index (χ4v) is 8.88. The summed E-state index contributed by atoms with van der Waals surface area (Å²) < 4.78 is 42.4. The van der Waals surface area contributed by atoms with Gasteiger partial charge >= 0.3 is 5.97 Å². The molecule has 0 radical (unpaired) electrons. The first-order valence-corrected chi connectivity index (χ1v) is 21.4. The number of fused-ring (bicyclic) bond motifs is 1. The topological polar surface area (TPSA) is 137 Å². The van der Waals surface area contributed by atoms with Crippen LogP contribution in [0.15, 0.2) is 67.1 Å². The Balaban J connectivity index is 1.09. The first-order chi connectivity index (χ1) is 29.1. The van der Waals surface area contributed by atoms with Crippen molar-refractivity contribution < 1.29 is 33.2 Å². The lowest BCUT2D eigenvalue weighted by atomic mass is 9.97. The minimum Gasteiger partial charge on any atom is -0.491 e. The number of carboxylic acids is 1. The molecule has 13 nitrogen and oxygen atoms in total. The average molecular weight is 877 g/mol. The molecule has 4 aromatic heterocycles. The summed E-state index contributed by atoms with van der Waals surface area (Å²) in [5.41, 5.74) is 3.12. The van der Waals surface area contributed by atoms with Gasteiger partial charge in [-0.25, -0.2) is 14.8 Å². The zero-order valence-corrected chi connectivity index (χ0v) is 35.5. The standard InChI is InChI=1S/C43H44Cl2FN7O6S/c1-26-30(7-8-32(38(26)45)57-22-19-52-17-15-51(2)16-18-52)36-37(34-9-10-35(44)60-34)40(46)53-39(36)42(48-25-49-53)59-33(43(54)55)23-28-5-3-4-6-31(28)58-24-29-11-14-47-41(50-29)27-12-20-56-21-13-27/h3-11,14,25,27,33H,12-13,15-24H2,1-2H3,(H,54,55)/t33-/m1/s1. The van der Waals surface area contributed by atoms with Crippen LogP contribution in [-0.2, 0) is 22.6 Å². The molecule has 1 atom stereocenters. The highest BCUT2D eigenvalue weighted by molar-refractivity contribution is 7.19. The van der Waals surface area contributed by atoms with E-state index in [4.69, 9.17) is 47.1 Å². The molecule has 8 rings (SSSR count). The Morgan fingerprint density at radius 2 is 1.80 bits per heavy atom. The van der Waals surface area contributed by atoms with Crippen LogP contribution in [0.5, 0.6) is 17.4 Å². The molecule has 2 aliphatic heterocycles. The van der Waals surface area contributed by atoms with Gasteiger partial charge in [-0.1, -0.05) is 47.5 Å². The number of para-hydroxylation sites is 1. The fraction of sp³-hybridized carbons (Fsp3) is 0.372.